The maximum atomic E-state index is 12.0. The van der Waals surface area contributed by atoms with Crippen molar-refractivity contribution >= 4 is 27.3 Å². The molecule has 114 valence electrons. The zero-order chi connectivity index (χ0) is 15.3. The summed E-state index contributed by atoms with van der Waals surface area (Å²) in [6, 6.07) is 3.86. The lowest BCUT2D eigenvalue weighted by Gasteiger charge is -2.03. The fraction of sp³-hybridized carbons (Fsp3) is 0.333. The molecule has 2 aromatic rings. The molecular weight excluding hydrogens is 314 g/mol. The predicted octanol–water partition coefficient (Wildman–Crippen LogP) is 0.940. The molecule has 0 saturated carbocycles. The van der Waals surface area contributed by atoms with Gasteiger partial charge < -0.3 is 5.11 Å². The first-order chi connectivity index (χ1) is 9.97. The molecule has 9 heteroatoms. The van der Waals surface area contributed by atoms with Crippen LogP contribution in [0.4, 0.5) is 0 Å². The number of aliphatic carboxylic acids is 1. The molecule has 0 aromatic carbocycles. The lowest BCUT2D eigenvalue weighted by molar-refractivity contribution is -0.137. The number of carboxylic acids is 1. The summed E-state index contributed by atoms with van der Waals surface area (Å²) < 4.78 is 27.9. The maximum absolute atomic E-state index is 12.0. The van der Waals surface area contributed by atoms with Crippen molar-refractivity contribution in [3.8, 4) is 0 Å². The van der Waals surface area contributed by atoms with E-state index in [2.05, 4.69) is 9.82 Å². The maximum Gasteiger partial charge on any atom is 0.305 e. The van der Waals surface area contributed by atoms with Crippen molar-refractivity contribution in [2.24, 2.45) is 0 Å². The van der Waals surface area contributed by atoms with E-state index in [1.165, 1.54) is 17.1 Å². The summed E-state index contributed by atoms with van der Waals surface area (Å²) in [6.07, 6.45) is 3.07. The molecule has 0 bridgehead atoms. The number of carbonyl (C=O) groups is 1. The number of rotatable bonds is 8. The van der Waals surface area contributed by atoms with Gasteiger partial charge in [0.05, 0.1) is 19.2 Å². The summed E-state index contributed by atoms with van der Waals surface area (Å²) in [7, 11) is -3.61. The number of hydrogen-bond donors (Lipinski definition) is 2. The number of nitrogens with zero attached hydrogens (tertiary/aromatic N) is 2. The molecular formula is C12H15N3O4S2. The smallest absolute Gasteiger partial charge is 0.305 e. The van der Waals surface area contributed by atoms with E-state index >= 15 is 0 Å². The summed E-state index contributed by atoms with van der Waals surface area (Å²) >= 11 is 1.58. The van der Waals surface area contributed by atoms with Crippen molar-refractivity contribution in [1.82, 2.24) is 14.5 Å². The van der Waals surface area contributed by atoms with Crippen LogP contribution < -0.4 is 4.72 Å². The van der Waals surface area contributed by atoms with E-state index in [0.717, 1.165) is 4.88 Å². The van der Waals surface area contributed by atoms with E-state index in [1.807, 2.05) is 17.5 Å². The lowest BCUT2D eigenvalue weighted by atomic mass is 10.3. The van der Waals surface area contributed by atoms with Gasteiger partial charge in [0.1, 0.15) is 4.90 Å². The number of thiophene rings is 1. The van der Waals surface area contributed by atoms with Crippen LogP contribution in [0.3, 0.4) is 0 Å². The second kappa shape index (κ2) is 6.83. The molecule has 2 aromatic heterocycles. The van der Waals surface area contributed by atoms with E-state index in [-0.39, 0.29) is 17.9 Å². The Labute approximate surface area is 126 Å². The highest BCUT2D eigenvalue weighted by Gasteiger charge is 2.16. The van der Waals surface area contributed by atoms with E-state index in [0.29, 0.717) is 13.0 Å². The summed E-state index contributed by atoms with van der Waals surface area (Å²) in [6.45, 7) is 0.448. The van der Waals surface area contributed by atoms with Gasteiger partial charge in [-0.3, -0.25) is 9.48 Å². The molecule has 0 fully saturated rings. The Kier molecular flexibility index (Phi) is 5.10. The fourth-order valence-corrected chi connectivity index (χ4v) is 3.36. The Morgan fingerprint density at radius 3 is 2.95 bits per heavy atom. The van der Waals surface area contributed by atoms with E-state index in [9.17, 15) is 13.2 Å². The van der Waals surface area contributed by atoms with Crippen LogP contribution in [0.2, 0.25) is 0 Å². The Morgan fingerprint density at radius 2 is 2.29 bits per heavy atom. The van der Waals surface area contributed by atoms with Crippen LogP contribution in [0.25, 0.3) is 0 Å². The standard InChI is InChI=1S/C12H15N3O4S2/c16-12(17)4-6-15-9-11(8-13-15)21(18,19)14-5-3-10-2-1-7-20-10/h1-2,7-9,14H,3-6H2,(H,16,17). The zero-order valence-electron chi connectivity index (χ0n) is 11.1. The van der Waals surface area contributed by atoms with Gasteiger partial charge in [-0.15, -0.1) is 11.3 Å². The second-order valence-corrected chi connectivity index (χ2v) is 7.11. The highest BCUT2D eigenvalue weighted by Crippen LogP contribution is 2.10. The zero-order valence-corrected chi connectivity index (χ0v) is 12.7. The fourth-order valence-electron chi connectivity index (χ4n) is 1.66. The van der Waals surface area contributed by atoms with Gasteiger partial charge in [-0.1, -0.05) is 6.07 Å². The highest BCUT2D eigenvalue weighted by atomic mass is 32.2. The minimum atomic E-state index is -3.61. The van der Waals surface area contributed by atoms with Crippen LogP contribution >= 0.6 is 11.3 Å². The summed E-state index contributed by atoms with van der Waals surface area (Å²) in [5, 5.41) is 14.4. The van der Waals surface area contributed by atoms with Crippen LogP contribution in [-0.4, -0.2) is 35.8 Å². The average molecular weight is 329 g/mol. The molecule has 0 amide bonds. The molecule has 0 atom stereocenters. The molecule has 0 radical (unpaired) electrons. The number of aromatic nitrogens is 2. The van der Waals surface area contributed by atoms with Crippen LogP contribution in [0.15, 0.2) is 34.8 Å². The largest absolute Gasteiger partial charge is 0.481 e. The topological polar surface area (TPSA) is 101 Å². The Hall–Kier alpha value is -1.71. The SMILES string of the molecule is O=C(O)CCn1cc(S(=O)(=O)NCCc2cccs2)cn1. The van der Waals surface area contributed by atoms with E-state index in [1.54, 1.807) is 11.3 Å². The van der Waals surface area contributed by atoms with Crippen LogP contribution in [0.1, 0.15) is 11.3 Å². The summed E-state index contributed by atoms with van der Waals surface area (Å²) in [5.41, 5.74) is 0. The van der Waals surface area contributed by atoms with Gasteiger partial charge >= 0.3 is 5.97 Å². The average Bonchev–Trinajstić information content (AvgIpc) is 3.07. The third-order valence-corrected chi connectivity index (χ3v) is 5.07. The van der Waals surface area contributed by atoms with Gasteiger partial charge in [-0.2, -0.15) is 5.10 Å². The molecule has 0 aliphatic heterocycles. The third kappa shape index (κ3) is 4.66. The van der Waals surface area contributed by atoms with Crippen LogP contribution in [0.5, 0.6) is 0 Å². The number of sulfonamides is 1. The first kappa shape index (κ1) is 15.7. The Morgan fingerprint density at radius 1 is 1.48 bits per heavy atom. The van der Waals surface area contributed by atoms with Gasteiger partial charge in [-0.05, 0) is 17.9 Å². The lowest BCUT2D eigenvalue weighted by Crippen LogP contribution is -2.25. The number of nitrogens with one attached hydrogen (secondary N) is 1. The molecule has 0 saturated heterocycles. The van der Waals surface area contributed by atoms with E-state index in [4.69, 9.17) is 5.11 Å². The van der Waals surface area contributed by atoms with Gasteiger partial charge in [-0.25, -0.2) is 13.1 Å². The monoisotopic (exact) mass is 329 g/mol. The van der Waals surface area contributed by atoms with Crippen molar-refractivity contribution in [3.63, 3.8) is 0 Å². The molecule has 0 aliphatic carbocycles. The minimum Gasteiger partial charge on any atom is -0.481 e. The number of carboxylic acid groups (broad SMARTS) is 1. The van der Waals surface area contributed by atoms with Gasteiger partial charge in [0.25, 0.3) is 0 Å². The molecule has 0 aliphatic rings. The molecule has 2 N–H and O–H groups in total. The molecule has 2 rings (SSSR count). The van der Waals surface area contributed by atoms with Gasteiger partial charge in [0, 0.05) is 17.6 Å². The van der Waals surface area contributed by atoms with Crippen LogP contribution in [-0.2, 0) is 27.8 Å². The molecule has 0 unspecified atom stereocenters. The quantitative estimate of drug-likeness (QED) is 0.750. The summed E-state index contributed by atoms with van der Waals surface area (Å²) in [5.74, 6) is -0.955. The van der Waals surface area contributed by atoms with Gasteiger partial charge in [0.2, 0.25) is 10.0 Å². The summed E-state index contributed by atoms with van der Waals surface area (Å²) in [4.78, 5) is 11.6. The number of hydrogen-bond acceptors (Lipinski definition) is 5. The Balaban J connectivity index is 1.91. The first-order valence-corrected chi connectivity index (χ1v) is 8.60. The van der Waals surface area contributed by atoms with Crippen molar-refractivity contribution in [3.05, 3.63) is 34.8 Å². The van der Waals surface area contributed by atoms with Crippen molar-refractivity contribution < 1.29 is 18.3 Å². The van der Waals surface area contributed by atoms with Crippen LogP contribution in [0, 0.1) is 0 Å². The molecule has 2 heterocycles. The van der Waals surface area contributed by atoms with Crippen molar-refractivity contribution in [2.45, 2.75) is 24.3 Å². The van der Waals surface area contributed by atoms with Crippen molar-refractivity contribution in [2.75, 3.05) is 6.54 Å². The third-order valence-electron chi connectivity index (χ3n) is 2.72. The second-order valence-electron chi connectivity index (χ2n) is 4.31. The first-order valence-electron chi connectivity index (χ1n) is 6.24. The normalized spacial score (nSPS) is 11.6. The number of aryl methyl sites for hydroxylation is 1. The van der Waals surface area contributed by atoms with Gasteiger partial charge in [0.15, 0.2) is 0 Å². The predicted molar refractivity (Wildman–Crippen MR) is 77.7 cm³/mol. The Bertz CT molecular complexity index is 692. The van der Waals surface area contributed by atoms with E-state index < -0.39 is 16.0 Å². The highest BCUT2D eigenvalue weighted by molar-refractivity contribution is 7.89. The molecule has 21 heavy (non-hydrogen) atoms. The minimum absolute atomic E-state index is 0.0408. The molecule has 7 nitrogen and oxygen atoms in total. The van der Waals surface area contributed by atoms with Crippen molar-refractivity contribution in [1.29, 1.82) is 0 Å². The molecule has 0 spiro atoms.